The summed E-state index contributed by atoms with van der Waals surface area (Å²) >= 11 is 1.94. The molecular formula is C12H23N3OS. The Hall–Kier alpha value is -0.680. The van der Waals surface area contributed by atoms with Crippen LogP contribution in [-0.2, 0) is 6.54 Å². The smallest absolute Gasteiger partial charge is 0.161 e. The number of rotatable bonds is 7. The summed E-state index contributed by atoms with van der Waals surface area (Å²) in [7, 11) is 3.68. The minimum Gasteiger partial charge on any atom is -0.493 e. The van der Waals surface area contributed by atoms with E-state index in [1.165, 1.54) is 0 Å². The van der Waals surface area contributed by atoms with Crippen molar-refractivity contribution in [2.24, 2.45) is 0 Å². The zero-order chi connectivity index (χ0) is 12.8. The van der Waals surface area contributed by atoms with Crippen LogP contribution in [-0.4, -0.2) is 34.9 Å². The Bertz CT molecular complexity index is 317. The Morgan fingerprint density at radius 3 is 2.71 bits per heavy atom. The first kappa shape index (κ1) is 14.4. The van der Waals surface area contributed by atoms with Gasteiger partial charge in [-0.05, 0) is 19.2 Å². The van der Waals surface area contributed by atoms with Crippen LogP contribution < -0.4 is 10.1 Å². The molecule has 98 valence electrons. The predicted octanol–water partition coefficient (Wildman–Crippen LogP) is 2.31. The van der Waals surface area contributed by atoms with E-state index in [0.717, 1.165) is 23.7 Å². The van der Waals surface area contributed by atoms with Crippen molar-refractivity contribution in [2.75, 3.05) is 19.9 Å². The van der Waals surface area contributed by atoms with E-state index in [9.17, 15) is 0 Å². The van der Waals surface area contributed by atoms with Crippen LogP contribution >= 0.6 is 11.8 Å². The number of aromatic nitrogens is 2. The number of hydrogen-bond acceptors (Lipinski definition) is 4. The van der Waals surface area contributed by atoms with E-state index in [1.807, 2.05) is 23.5 Å². The molecule has 0 aliphatic carbocycles. The number of thioether (sulfide) groups is 1. The number of nitrogens with one attached hydrogen (secondary N) is 1. The van der Waals surface area contributed by atoms with E-state index in [-0.39, 0.29) is 6.04 Å². The number of aryl methyl sites for hydroxylation is 1. The van der Waals surface area contributed by atoms with Gasteiger partial charge in [0.25, 0.3) is 0 Å². The second-order valence-corrected chi connectivity index (χ2v) is 5.75. The van der Waals surface area contributed by atoms with Crippen LogP contribution in [0.1, 0.15) is 32.5 Å². The van der Waals surface area contributed by atoms with Gasteiger partial charge in [0.1, 0.15) is 0 Å². The van der Waals surface area contributed by atoms with Crippen LogP contribution in [0.15, 0.2) is 6.20 Å². The third-order valence-electron chi connectivity index (χ3n) is 2.64. The van der Waals surface area contributed by atoms with E-state index < -0.39 is 0 Å². The number of methoxy groups -OCH3 is 1. The van der Waals surface area contributed by atoms with E-state index in [4.69, 9.17) is 4.74 Å². The molecule has 1 aromatic rings. The van der Waals surface area contributed by atoms with Crippen LogP contribution in [0.2, 0.25) is 0 Å². The topological polar surface area (TPSA) is 39.1 Å². The number of nitrogens with zero attached hydrogens (tertiary/aromatic N) is 2. The predicted molar refractivity (Wildman–Crippen MR) is 73.8 cm³/mol. The van der Waals surface area contributed by atoms with E-state index in [2.05, 4.69) is 31.2 Å². The molecule has 1 rings (SSSR count). The summed E-state index contributed by atoms with van der Waals surface area (Å²) in [4.78, 5) is 0. The maximum Gasteiger partial charge on any atom is 0.161 e. The van der Waals surface area contributed by atoms with Crippen molar-refractivity contribution in [3.63, 3.8) is 0 Å². The molecule has 0 spiro atoms. The number of hydrogen-bond donors (Lipinski definition) is 1. The first-order valence-electron chi connectivity index (χ1n) is 6.02. The minimum atomic E-state index is 0.278. The summed E-state index contributed by atoms with van der Waals surface area (Å²) in [5, 5.41) is 8.33. The van der Waals surface area contributed by atoms with Crippen molar-refractivity contribution in [2.45, 2.75) is 38.6 Å². The fourth-order valence-electron chi connectivity index (χ4n) is 1.73. The maximum absolute atomic E-state index is 5.38. The normalized spacial score (nSPS) is 13.1. The molecule has 1 aromatic heterocycles. The molecule has 0 saturated carbocycles. The second kappa shape index (κ2) is 6.91. The molecule has 1 atom stereocenters. The summed E-state index contributed by atoms with van der Waals surface area (Å²) < 4.78 is 7.39. The fourth-order valence-corrected chi connectivity index (χ4v) is 2.63. The van der Waals surface area contributed by atoms with Crippen molar-refractivity contribution in [1.29, 1.82) is 0 Å². The molecular weight excluding hydrogens is 234 g/mol. The van der Waals surface area contributed by atoms with Crippen LogP contribution in [0.3, 0.4) is 0 Å². The van der Waals surface area contributed by atoms with Gasteiger partial charge < -0.3 is 10.1 Å². The Labute approximate surface area is 108 Å². The molecule has 0 aromatic carbocycles. The van der Waals surface area contributed by atoms with Crippen molar-refractivity contribution < 1.29 is 4.74 Å². The highest BCUT2D eigenvalue weighted by Crippen LogP contribution is 2.28. The molecule has 0 fully saturated rings. The van der Waals surface area contributed by atoms with Gasteiger partial charge in [-0.2, -0.15) is 16.9 Å². The molecule has 0 bridgehead atoms. The molecule has 0 amide bonds. The molecule has 5 heteroatoms. The first-order valence-corrected chi connectivity index (χ1v) is 7.07. The second-order valence-electron chi connectivity index (χ2n) is 4.14. The Morgan fingerprint density at radius 2 is 2.24 bits per heavy atom. The van der Waals surface area contributed by atoms with Gasteiger partial charge in [0.05, 0.1) is 25.0 Å². The molecule has 1 unspecified atom stereocenters. The van der Waals surface area contributed by atoms with Gasteiger partial charge in [-0.1, -0.05) is 13.8 Å². The van der Waals surface area contributed by atoms with Crippen LogP contribution in [0.25, 0.3) is 0 Å². The van der Waals surface area contributed by atoms with Gasteiger partial charge >= 0.3 is 0 Å². The molecule has 0 radical (unpaired) electrons. The molecule has 1 heterocycles. The highest BCUT2D eigenvalue weighted by Gasteiger charge is 2.20. The van der Waals surface area contributed by atoms with E-state index >= 15 is 0 Å². The Balaban J connectivity index is 2.88. The van der Waals surface area contributed by atoms with Crippen molar-refractivity contribution >= 4 is 11.8 Å². The summed E-state index contributed by atoms with van der Waals surface area (Å²) in [6.45, 7) is 7.39. The van der Waals surface area contributed by atoms with Gasteiger partial charge in [-0.25, -0.2) is 0 Å². The number of ether oxygens (including phenoxy) is 1. The lowest BCUT2D eigenvalue weighted by Crippen LogP contribution is -2.23. The molecule has 17 heavy (non-hydrogen) atoms. The summed E-state index contributed by atoms with van der Waals surface area (Å²) in [6, 6.07) is 0.278. The quantitative estimate of drug-likeness (QED) is 0.813. The summed E-state index contributed by atoms with van der Waals surface area (Å²) in [6.07, 6.45) is 1.79. The monoisotopic (exact) mass is 257 g/mol. The lowest BCUT2D eigenvalue weighted by molar-refractivity contribution is 0.399. The van der Waals surface area contributed by atoms with Crippen molar-refractivity contribution in [3.8, 4) is 5.75 Å². The van der Waals surface area contributed by atoms with Gasteiger partial charge in [0, 0.05) is 12.3 Å². The highest BCUT2D eigenvalue weighted by molar-refractivity contribution is 7.99. The third kappa shape index (κ3) is 3.64. The highest BCUT2D eigenvalue weighted by atomic mass is 32.2. The molecule has 4 nitrogen and oxygen atoms in total. The lowest BCUT2D eigenvalue weighted by Gasteiger charge is -2.19. The molecule has 0 saturated heterocycles. The summed E-state index contributed by atoms with van der Waals surface area (Å²) in [5.74, 6) is 1.89. The SMILES string of the molecule is CCn1ncc(OC)c1C(CSC(C)C)NC. The van der Waals surface area contributed by atoms with E-state index in [0.29, 0.717) is 5.25 Å². The average Bonchev–Trinajstić information content (AvgIpc) is 2.72. The minimum absolute atomic E-state index is 0.278. The van der Waals surface area contributed by atoms with Gasteiger partial charge in [0.15, 0.2) is 5.75 Å². The first-order chi connectivity index (χ1) is 8.13. The Morgan fingerprint density at radius 1 is 1.53 bits per heavy atom. The maximum atomic E-state index is 5.38. The average molecular weight is 257 g/mol. The van der Waals surface area contributed by atoms with Crippen LogP contribution in [0.5, 0.6) is 5.75 Å². The zero-order valence-electron chi connectivity index (χ0n) is 11.4. The van der Waals surface area contributed by atoms with Crippen molar-refractivity contribution in [1.82, 2.24) is 15.1 Å². The fraction of sp³-hybridized carbons (Fsp3) is 0.750. The zero-order valence-corrected chi connectivity index (χ0v) is 12.2. The summed E-state index contributed by atoms with van der Waals surface area (Å²) in [5.41, 5.74) is 1.14. The largest absolute Gasteiger partial charge is 0.493 e. The van der Waals surface area contributed by atoms with Crippen LogP contribution in [0, 0.1) is 0 Å². The third-order valence-corrected chi connectivity index (χ3v) is 3.83. The van der Waals surface area contributed by atoms with Gasteiger partial charge in [-0.3, -0.25) is 4.68 Å². The van der Waals surface area contributed by atoms with Crippen molar-refractivity contribution in [3.05, 3.63) is 11.9 Å². The Kier molecular flexibility index (Phi) is 5.85. The van der Waals surface area contributed by atoms with Gasteiger partial charge in [0.2, 0.25) is 0 Å². The van der Waals surface area contributed by atoms with E-state index in [1.54, 1.807) is 13.3 Å². The molecule has 1 N–H and O–H groups in total. The molecule has 0 aliphatic heterocycles. The lowest BCUT2D eigenvalue weighted by atomic mass is 10.2. The standard InChI is InChI=1S/C12H23N3OS/c1-6-15-12(11(16-5)7-14-15)10(13-4)8-17-9(2)3/h7,9-10,13H,6,8H2,1-5H3. The molecule has 0 aliphatic rings. The van der Waals surface area contributed by atoms with Gasteiger partial charge in [-0.15, -0.1) is 0 Å². The van der Waals surface area contributed by atoms with Crippen LogP contribution in [0.4, 0.5) is 0 Å².